The Hall–Kier alpha value is -1.49. The molecule has 0 bridgehead atoms. The van der Waals surface area contributed by atoms with E-state index in [-0.39, 0.29) is 11.1 Å². The maximum absolute atomic E-state index is 11.6. The highest BCUT2D eigenvalue weighted by Crippen LogP contribution is 2.58. The number of rotatable bonds is 2. The number of hydrogen-bond acceptors (Lipinski definition) is 4. The van der Waals surface area contributed by atoms with E-state index in [1.807, 2.05) is 0 Å². The van der Waals surface area contributed by atoms with Crippen LogP contribution in [0.1, 0.15) is 59.4 Å². The van der Waals surface area contributed by atoms with Crippen LogP contribution in [0.25, 0.3) is 10.2 Å². The summed E-state index contributed by atoms with van der Waals surface area (Å²) in [5.41, 5.74) is 1.61. The summed E-state index contributed by atoms with van der Waals surface area (Å²) in [5.74, 6) is 0.103. The molecule has 1 N–H and O–H groups in total. The molecule has 0 aromatic carbocycles. The van der Waals surface area contributed by atoms with Gasteiger partial charge in [-0.05, 0) is 36.7 Å². The molecule has 104 valence electrons. The SMILES string of the molecule is CC1(C)CC1c1nc(C(=O)O)c2c3c(sc2n1)CCC3. The fraction of sp³-hybridized carbons (Fsp3) is 0.533. The third-order valence-corrected chi connectivity index (χ3v) is 5.80. The van der Waals surface area contributed by atoms with Crippen LogP contribution in [0.15, 0.2) is 0 Å². The van der Waals surface area contributed by atoms with Gasteiger partial charge in [0.15, 0.2) is 5.69 Å². The molecule has 20 heavy (non-hydrogen) atoms. The van der Waals surface area contributed by atoms with Gasteiger partial charge in [-0.1, -0.05) is 13.8 Å². The molecule has 1 fully saturated rings. The van der Waals surface area contributed by atoms with Gasteiger partial charge in [0.1, 0.15) is 10.7 Å². The van der Waals surface area contributed by atoms with Gasteiger partial charge in [0.05, 0.1) is 0 Å². The van der Waals surface area contributed by atoms with Crippen molar-refractivity contribution in [3.63, 3.8) is 0 Å². The van der Waals surface area contributed by atoms with Crippen LogP contribution in [0.2, 0.25) is 0 Å². The monoisotopic (exact) mass is 288 g/mol. The van der Waals surface area contributed by atoms with E-state index in [1.165, 1.54) is 10.4 Å². The van der Waals surface area contributed by atoms with Gasteiger partial charge in [-0.25, -0.2) is 14.8 Å². The molecule has 2 aliphatic rings. The first-order valence-electron chi connectivity index (χ1n) is 7.03. The maximum atomic E-state index is 11.6. The smallest absolute Gasteiger partial charge is 0.355 e. The average Bonchev–Trinajstić information content (AvgIpc) is 2.76. The molecule has 2 aliphatic carbocycles. The number of carboxylic acids is 1. The second-order valence-electron chi connectivity index (χ2n) is 6.52. The summed E-state index contributed by atoms with van der Waals surface area (Å²) in [6, 6.07) is 0. The third kappa shape index (κ3) is 1.62. The Balaban J connectivity index is 1.96. The highest BCUT2D eigenvalue weighted by atomic mass is 32.1. The molecule has 0 radical (unpaired) electrons. The molecule has 4 rings (SSSR count). The number of carbonyl (C=O) groups is 1. The lowest BCUT2D eigenvalue weighted by Crippen LogP contribution is -2.07. The van der Waals surface area contributed by atoms with E-state index >= 15 is 0 Å². The highest BCUT2D eigenvalue weighted by Gasteiger charge is 2.49. The van der Waals surface area contributed by atoms with Crippen molar-refractivity contribution < 1.29 is 9.90 Å². The van der Waals surface area contributed by atoms with Crippen molar-refractivity contribution in [1.29, 1.82) is 0 Å². The van der Waals surface area contributed by atoms with Crippen molar-refractivity contribution in [3.8, 4) is 0 Å². The normalized spacial score (nSPS) is 23.0. The minimum Gasteiger partial charge on any atom is -0.476 e. The zero-order valence-corrected chi connectivity index (χ0v) is 12.4. The summed E-state index contributed by atoms with van der Waals surface area (Å²) in [7, 11) is 0. The van der Waals surface area contributed by atoms with Gasteiger partial charge in [-0.2, -0.15) is 0 Å². The van der Waals surface area contributed by atoms with Crippen molar-refractivity contribution in [1.82, 2.24) is 9.97 Å². The number of fused-ring (bicyclic) bond motifs is 3. The van der Waals surface area contributed by atoms with E-state index in [0.29, 0.717) is 5.92 Å². The summed E-state index contributed by atoms with van der Waals surface area (Å²) in [5, 5.41) is 10.3. The zero-order valence-electron chi connectivity index (χ0n) is 11.6. The minimum atomic E-state index is -0.926. The predicted octanol–water partition coefficient (Wildman–Crippen LogP) is 3.39. The number of carboxylic acid groups (broad SMARTS) is 1. The van der Waals surface area contributed by atoms with Crippen molar-refractivity contribution in [3.05, 3.63) is 22.0 Å². The number of nitrogens with zero attached hydrogens (tertiary/aromatic N) is 2. The Morgan fingerprint density at radius 3 is 2.75 bits per heavy atom. The first-order chi connectivity index (χ1) is 9.47. The largest absolute Gasteiger partial charge is 0.476 e. The van der Waals surface area contributed by atoms with Crippen LogP contribution in [-0.4, -0.2) is 21.0 Å². The zero-order chi connectivity index (χ0) is 14.1. The molecule has 0 amide bonds. The van der Waals surface area contributed by atoms with Crippen molar-refractivity contribution in [2.45, 2.75) is 45.4 Å². The van der Waals surface area contributed by atoms with Gasteiger partial charge in [0.2, 0.25) is 0 Å². The van der Waals surface area contributed by atoms with Crippen LogP contribution >= 0.6 is 11.3 Å². The van der Waals surface area contributed by atoms with Crippen LogP contribution < -0.4 is 0 Å². The number of hydrogen-bond donors (Lipinski definition) is 1. The van der Waals surface area contributed by atoms with Gasteiger partial charge in [0, 0.05) is 16.2 Å². The first kappa shape index (κ1) is 12.3. The number of aromatic nitrogens is 2. The van der Waals surface area contributed by atoms with Gasteiger partial charge >= 0.3 is 5.97 Å². The Morgan fingerprint density at radius 2 is 2.10 bits per heavy atom. The third-order valence-electron chi connectivity index (χ3n) is 4.61. The molecule has 2 aromatic heterocycles. The second-order valence-corrected chi connectivity index (χ2v) is 7.60. The molecular formula is C15H16N2O2S. The standard InChI is InChI=1S/C15H16N2O2S/c1-15(2)6-8(15)12-16-11(14(18)19)10-7-4-3-5-9(7)20-13(10)17-12/h8H,3-6H2,1-2H3,(H,18,19). The van der Waals surface area contributed by atoms with E-state index < -0.39 is 5.97 Å². The minimum absolute atomic E-state index is 0.212. The molecule has 1 saturated carbocycles. The summed E-state index contributed by atoms with van der Waals surface area (Å²) in [6.45, 7) is 4.36. The molecule has 1 atom stereocenters. The predicted molar refractivity (Wildman–Crippen MR) is 77.5 cm³/mol. The molecule has 2 heterocycles. The van der Waals surface area contributed by atoms with Gasteiger partial charge in [-0.3, -0.25) is 0 Å². The number of aryl methyl sites for hydroxylation is 2. The fourth-order valence-electron chi connectivity index (χ4n) is 3.23. The fourth-order valence-corrected chi connectivity index (χ4v) is 4.50. The second kappa shape index (κ2) is 3.79. The number of aromatic carboxylic acids is 1. The molecular weight excluding hydrogens is 272 g/mol. The van der Waals surface area contributed by atoms with Crippen LogP contribution in [0, 0.1) is 5.41 Å². The Labute approximate surface area is 120 Å². The van der Waals surface area contributed by atoms with Gasteiger partial charge in [0.25, 0.3) is 0 Å². The topological polar surface area (TPSA) is 63.1 Å². The van der Waals surface area contributed by atoms with E-state index in [0.717, 1.165) is 41.7 Å². The lowest BCUT2D eigenvalue weighted by molar-refractivity contribution is 0.0692. The Morgan fingerprint density at radius 1 is 1.35 bits per heavy atom. The van der Waals surface area contributed by atoms with E-state index in [4.69, 9.17) is 0 Å². The maximum Gasteiger partial charge on any atom is 0.355 e. The molecule has 2 aromatic rings. The van der Waals surface area contributed by atoms with Crippen LogP contribution in [0.4, 0.5) is 0 Å². The molecule has 0 saturated heterocycles. The average molecular weight is 288 g/mol. The van der Waals surface area contributed by atoms with Crippen LogP contribution in [-0.2, 0) is 12.8 Å². The highest BCUT2D eigenvalue weighted by molar-refractivity contribution is 7.19. The van der Waals surface area contributed by atoms with Crippen molar-refractivity contribution >= 4 is 27.5 Å². The quantitative estimate of drug-likeness (QED) is 0.920. The van der Waals surface area contributed by atoms with E-state index in [1.54, 1.807) is 11.3 Å². The summed E-state index contributed by atoms with van der Waals surface area (Å²) in [4.78, 5) is 22.9. The number of thiophene rings is 1. The van der Waals surface area contributed by atoms with E-state index in [2.05, 4.69) is 23.8 Å². The van der Waals surface area contributed by atoms with E-state index in [9.17, 15) is 9.90 Å². The first-order valence-corrected chi connectivity index (χ1v) is 7.84. The lowest BCUT2D eigenvalue weighted by Gasteiger charge is -2.05. The van der Waals surface area contributed by atoms with Gasteiger partial charge in [-0.15, -0.1) is 11.3 Å². The Kier molecular flexibility index (Phi) is 2.32. The van der Waals surface area contributed by atoms with Gasteiger partial charge < -0.3 is 5.11 Å². The van der Waals surface area contributed by atoms with Crippen LogP contribution in [0.3, 0.4) is 0 Å². The summed E-state index contributed by atoms with van der Waals surface area (Å²) >= 11 is 1.66. The molecule has 1 unspecified atom stereocenters. The van der Waals surface area contributed by atoms with Crippen LogP contribution in [0.5, 0.6) is 0 Å². The van der Waals surface area contributed by atoms with Crippen molar-refractivity contribution in [2.24, 2.45) is 5.41 Å². The lowest BCUT2D eigenvalue weighted by atomic mass is 10.1. The van der Waals surface area contributed by atoms with Crippen molar-refractivity contribution in [2.75, 3.05) is 0 Å². The molecule has 4 nitrogen and oxygen atoms in total. The molecule has 0 aliphatic heterocycles. The Bertz CT molecular complexity index is 748. The molecule has 5 heteroatoms. The summed E-state index contributed by atoms with van der Waals surface area (Å²) in [6.07, 6.45) is 4.18. The molecule has 0 spiro atoms. The summed E-state index contributed by atoms with van der Waals surface area (Å²) < 4.78 is 0.